The van der Waals surface area contributed by atoms with Crippen molar-refractivity contribution in [3.63, 3.8) is 0 Å². The van der Waals surface area contributed by atoms with E-state index in [0.717, 1.165) is 28.3 Å². The third-order valence-electron chi connectivity index (χ3n) is 3.22. The molecule has 0 atom stereocenters. The molecule has 0 amide bonds. The minimum Gasteiger partial charge on any atom is -0.486 e. The molecule has 1 aliphatic rings. The molecular weight excluding hydrogens is 310 g/mol. The lowest BCUT2D eigenvalue weighted by Gasteiger charge is -2.18. The van der Waals surface area contributed by atoms with Gasteiger partial charge in [0.25, 0.3) is 0 Å². The average Bonchev–Trinajstić information content (AvgIpc) is 2.55. The Labute approximate surface area is 140 Å². The highest BCUT2D eigenvalue weighted by atomic mass is 32.1. The predicted octanol–water partition coefficient (Wildman–Crippen LogP) is 3.09. The Morgan fingerprint density at radius 1 is 1.13 bits per heavy atom. The van der Waals surface area contributed by atoms with Crippen molar-refractivity contribution in [1.29, 1.82) is 0 Å². The lowest BCUT2D eigenvalue weighted by atomic mass is 10.2. The number of hydrogen-bond acceptors (Lipinski definition) is 4. The summed E-state index contributed by atoms with van der Waals surface area (Å²) in [4.78, 5) is 0. The van der Waals surface area contributed by atoms with Crippen molar-refractivity contribution in [2.45, 2.75) is 6.92 Å². The second-order valence-electron chi connectivity index (χ2n) is 5.10. The van der Waals surface area contributed by atoms with Crippen LogP contribution in [0.15, 0.2) is 47.6 Å². The van der Waals surface area contributed by atoms with Crippen molar-refractivity contribution in [2.24, 2.45) is 5.10 Å². The van der Waals surface area contributed by atoms with Gasteiger partial charge in [-0.3, -0.25) is 5.43 Å². The van der Waals surface area contributed by atoms with Crippen molar-refractivity contribution in [1.82, 2.24) is 5.43 Å². The number of nitrogens with one attached hydrogen (secondary N) is 2. The maximum Gasteiger partial charge on any atom is 0.191 e. The van der Waals surface area contributed by atoms with Crippen molar-refractivity contribution in [3.05, 3.63) is 53.6 Å². The van der Waals surface area contributed by atoms with E-state index in [4.69, 9.17) is 21.7 Å². The minimum absolute atomic E-state index is 0.435. The van der Waals surface area contributed by atoms with Crippen molar-refractivity contribution in [3.8, 4) is 11.5 Å². The third kappa shape index (κ3) is 4.20. The smallest absolute Gasteiger partial charge is 0.191 e. The number of rotatable bonds is 3. The van der Waals surface area contributed by atoms with Gasteiger partial charge in [-0.2, -0.15) is 5.10 Å². The summed E-state index contributed by atoms with van der Waals surface area (Å²) < 4.78 is 11.0. The number of aryl methyl sites for hydroxylation is 1. The number of nitrogens with zero attached hydrogens (tertiary/aromatic N) is 1. The molecule has 5 nitrogen and oxygen atoms in total. The number of hydrogen-bond donors (Lipinski definition) is 2. The normalized spacial score (nSPS) is 12.9. The summed E-state index contributed by atoms with van der Waals surface area (Å²) in [6, 6.07) is 13.6. The molecule has 2 aromatic rings. The maximum absolute atomic E-state index is 5.54. The van der Waals surface area contributed by atoms with Crippen molar-refractivity contribution < 1.29 is 9.47 Å². The lowest BCUT2D eigenvalue weighted by molar-refractivity contribution is 0.171. The second-order valence-corrected chi connectivity index (χ2v) is 5.50. The minimum atomic E-state index is 0.435. The summed E-state index contributed by atoms with van der Waals surface area (Å²) >= 11 is 5.21. The topological polar surface area (TPSA) is 54.9 Å². The Bertz CT molecular complexity index is 746. The Morgan fingerprint density at radius 3 is 2.78 bits per heavy atom. The molecule has 6 heteroatoms. The van der Waals surface area contributed by atoms with Crippen LogP contribution in [-0.4, -0.2) is 24.5 Å². The largest absolute Gasteiger partial charge is 0.486 e. The van der Waals surface area contributed by atoms with Gasteiger partial charge in [-0.25, -0.2) is 0 Å². The number of anilines is 1. The molecule has 0 saturated heterocycles. The van der Waals surface area contributed by atoms with E-state index in [1.807, 2.05) is 49.4 Å². The van der Waals surface area contributed by atoms with E-state index in [9.17, 15) is 0 Å². The molecule has 3 rings (SSSR count). The zero-order chi connectivity index (χ0) is 16.1. The Morgan fingerprint density at radius 2 is 1.96 bits per heavy atom. The standard InChI is InChI=1S/C17H17N3O2S/c1-12-3-2-4-14(9-12)19-17(23)20-18-11-13-5-6-15-16(10-13)22-8-7-21-15/h2-6,9-11H,7-8H2,1H3,(H2,19,20,23)/b18-11-. The summed E-state index contributed by atoms with van der Waals surface area (Å²) in [5.74, 6) is 1.50. The van der Waals surface area contributed by atoms with Crippen LogP contribution < -0.4 is 20.2 Å². The van der Waals surface area contributed by atoms with Crippen LogP contribution in [0.2, 0.25) is 0 Å². The fraction of sp³-hybridized carbons (Fsp3) is 0.176. The molecule has 0 aliphatic carbocycles. The van der Waals surface area contributed by atoms with E-state index in [2.05, 4.69) is 15.8 Å². The quantitative estimate of drug-likeness (QED) is 0.515. The molecule has 0 spiro atoms. The van der Waals surface area contributed by atoms with Crippen LogP contribution in [0, 0.1) is 6.92 Å². The van der Waals surface area contributed by atoms with E-state index in [1.165, 1.54) is 0 Å². The van der Waals surface area contributed by atoms with E-state index < -0.39 is 0 Å². The fourth-order valence-electron chi connectivity index (χ4n) is 2.19. The number of fused-ring (bicyclic) bond motifs is 1. The van der Waals surface area contributed by atoms with Crippen LogP contribution in [0.1, 0.15) is 11.1 Å². The summed E-state index contributed by atoms with van der Waals surface area (Å²) in [5.41, 5.74) is 5.79. The van der Waals surface area contributed by atoms with Crippen LogP contribution in [0.5, 0.6) is 11.5 Å². The number of ether oxygens (including phenoxy) is 2. The van der Waals surface area contributed by atoms with Gasteiger partial charge < -0.3 is 14.8 Å². The summed E-state index contributed by atoms with van der Waals surface area (Å²) in [6.45, 7) is 3.18. The molecule has 0 aromatic heterocycles. The number of hydrazone groups is 1. The van der Waals surface area contributed by atoms with Crippen molar-refractivity contribution in [2.75, 3.05) is 18.5 Å². The van der Waals surface area contributed by atoms with E-state index >= 15 is 0 Å². The highest BCUT2D eigenvalue weighted by molar-refractivity contribution is 7.80. The molecule has 23 heavy (non-hydrogen) atoms. The van der Waals surface area contributed by atoms with Crippen LogP contribution in [0.3, 0.4) is 0 Å². The monoisotopic (exact) mass is 327 g/mol. The first-order valence-corrected chi connectivity index (χ1v) is 7.68. The van der Waals surface area contributed by atoms with Gasteiger partial charge in [0, 0.05) is 5.69 Å². The Balaban J connectivity index is 1.57. The maximum atomic E-state index is 5.54. The molecule has 2 aromatic carbocycles. The molecule has 2 N–H and O–H groups in total. The molecule has 0 radical (unpaired) electrons. The van der Waals surface area contributed by atoms with Gasteiger partial charge >= 0.3 is 0 Å². The van der Waals surface area contributed by atoms with Gasteiger partial charge in [-0.1, -0.05) is 12.1 Å². The van der Waals surface area contributed by atoms with E-state index in [1.54, 1.807) is 6.21 Å². The molecule has 0 bridgehead atoms. The zero-order valence-electron chi connectivity index (χ0n) is 12.7. The first-order chi connectivity index (χ1) is 11.2. The molecular formula is C17H17N3O2S. The third-order valence-corrected chi connectivity index (χ3v) is 3.42. The summed E-state index contributed by atoms with van der Waals surface area (Å²) in [7, 11) is 0. The number of benzene rings is 2. The molecule has 0 fully saturated rings. The zero-order valence-corrected chi connectivity index (χ0v) is 13.5. The molecule has 1 aliphatic heterocycles. The highest BCUT2D eigenvalue weighted by Gasteiger charge is 2.10. The van der Waals surface area contributed by atoms with Gasteiger partial charge in [0.05, 0.1) is 6.21 Å². The average molecular weight is 327 g/mol. The highest BCUT2D eigenvalue weighted by Crippen LogP contribution is 2.30. The Hall–Kier alpha value is -2.60. The molecule has 0 saturated carbocycles. The van der Waals surface area contributed by atoms with Crippen molar-refractivity contribution >= 4 is 29.2 Å². The first-order valence-electron chi connectivity index (χ1n) is 7.27. The molecule has 0 unspecified atom stereocenters. The van der Waals surface area contributed by atoms with E-state index in [0.29, 0.717) is 18.3 Å². The molecule has 1 heterocycles. The van der Waals surface area contributed by atoms with E-state index in [-0.39, 0.29) is 0 Å². The first kappa shape index (κ1) is 15.3. The fourth-order valence-corrected chi connectivity index (χ4v) is 2.36. The summed E-state index contributed by atoms with van der Waals surface area (Å²) in [5, 5.41) is 7.65. The van der Waals surface area contributed by atoms with Gasteiger partial charge in [0.15, 0.2) is 16.6 Å². The van der Waals surface area contributed by atoms with Crippen LogP contribution in [0.4, 0.5) is 5.69 Å². The van der Waals surface area contributed by atoms with Crippen LogP contribution >= 0.6 is 12.2 Å². The number of thiocarbonyl (C=S) groups is 1. The second kappa shape index (κ2) is 7.11. The summed E-state index contributed by atoms with van der Waals surface area (Å²) in [6.07, 6.45) is 1.68. The molecule has 118 valence electrons. The van der Waals surface area contributed by atoms with Gasteiger partial charge in [-0.05, 0) is 60.6 Å². The lowest BCUT2D eigenvalue weighted by Crippen LogP contribution is -2.23. The van der Waals surface area contributed by atoms with Crippen LogP contribution in [-0.2, 0) is 0 Å². The van der Waals surface area contributed by atoms with Gasteiger partial charge in [-0.15, -0.1) is 0 Å². The Kier molecular flexibility index (Phi) is 4.73. The predicted molar refractivity (Wildman–Crippen MR) is 95.6 cm³/mol. The van der Waals surface area contributed by atoms with Gasteiger partial charge in [0.2, 0.25) is 0 Å². The van der Waals surface area contributed by atoms with Gasteiger partial charge in [0.1, 0.15) is 13.2 Å². The SMILES string of the molecule is Cc1cccc(NC(=S)N/N=C\c2ccc3c(c2)OCCO3)c1. The van der Waals surface area contributed by atoms with Crippen LogP contribution in [0.25, 0.3) is 0 Å².